The molecular weight excluding hydrogens is 341 g/mol. The van der Waals surface area contributed by atoms with E-state index in [2.05, 4.69) is 6.07 Å². The summed E-state index contributed by atoms with van der Waals surface area (Å²) in [4.78, 5) is 1.58. The molecule has 2 unspecified atom stereocenters. The number of aliphatic hydroxyl groups is 1. The van der Waals surface area contributed by atoms with Crippen LogP contribution in [0.2, 0.25) is 0 Å². The van der Waals surface area contributed by atoms with Crippen molar-refractivity contribution in [3.8, 4) is 6.07 Å². The topological polar surface area (TPSA) is 47.3 Å². The molecule has 1 rings (SSSR count). The average molecular weight is 368 g/mol. The Balaban J connectivity index is 3.14. The Morgan fingerprint density at radius 3 is 2.54 bits per heavy atom. The number of aryl methyl sites for hydroxylation is 1. The fourth-order valence-electron chi connectivity index (χ4n) is 2.75. The minimum Gasteiger partial charge on any atom is -0.379 e. The molecule has 0 bridgehead atoms. The van der Waals surface area contributed by atoms with Crippen LogP contribution in [-0.4, -0.2) is 30.0 Å². The van der Waals surface area contributed by atoms with Crippen LogP contribution in [-0.2, 0) is 6.42 Å². The third kappa shape index (κ3) is 6.38. The lowest BCUT2D eigenvalue weighted by atomic mass is 10.0. The maximum atomic E-state index is 13.2. The van der Waals surface area contributed by atoms with Gasteiger partial charge in [-0.1, -0.05) is 37.3 Å². The molecule has 0 aliphatic rings. The Morgan fingerprint density at radius 2 is 1.96 bits per heavy atom. The Kier molecular flexibility index (Phi) is 8.16. The lowest BCUT2D eigenvalue weighted by Gasteiger charge is -2.35. The van der Waals surface area contributed by atoms with Crippen molar-refractivity contribution < 1.29 is 18.3 Å². The number of hydrogen-bond acceptors (Lipinski definition) is 3. The molecule has 0 saturated heterocycles. The van der Waals surface area contributed by atoms with Crippen LogP contribution in [0, 0.1) is 17.2 Å². The van der Waals surface area contributed by atoms with E-state index >= 15 is 0 Å². The molecule has 0 aliphatic heterocycles. The SMILES string of the molecule is C/C=C\C(C)CCN(CC(C)(O)C(F)(F)F)c1ccccc1CCC#N. The number of rotatable bonds is 9. The van der Waals surface area contributed by atoms with Gasteiger partial charge in [-0.2, -0.15) is 18.4 Å². The smallest absolute Gasteiger partial charge is 0.379 e. The first-order valence-electron chi connectivity index (χ1n) is 8.74. The molecule has 0 aliphatic carbocycles. The van der Waals surface area contributed by atoms with Crippen molar-refractivity contribution in [2.75, 3.05) is 18.0 Å². The van der Waals surface area contributed by atoms with Crippen LogP contribution < -0.4 is 4.90 Å². The fraction of sp³-hybridized carbons (Fsp3) is 0.550. The zero-order valence-electron chi connectivity index (χ0n) is 15.6. The Bertz CT molecular complexity index is 633. The van der Waals surface area contributed by atoms with Gasteiger partial charge in [0.2, 0.25) is 0 Å². The molecule has 0 amide bonds. The lowest BCUT2D eigenvalue weighted by molar-refractivity contribution is -0.248. The average Bonchev–Trinajstić information content (AvgIpc) is 2.56. The summed E-state index contributed by atoms with van der Waals surface area (Å²) < 4.78 is 39.6. The zero-order chi connectivity index (χ0) is 19.8. The highest BCUT2D eigenvalue weighted by atomic mass is 19.4. The Hall–Kier alpha value is -2.00. The second kappa shape index (κ2) is 9.63. The molecule has 0 saturated carbocycles. The van der Waals surface area contributed by atoms with Crippen LogP contribution in [0.25, 0.3) is 0 Å². The molecule has 144 valence electrons. The van der Waals surface area contributed by atoms with Gasteiger partial charge in [-0.3, -0.25) is 0 Å². The third-order valence-electron chi connectivity index (χ3n) is 4.32. The van der Waals surface area contributed by atoms with Crippen molar-refractivity contribution in [1.29, 1.82) is 5.26 Å². The van der Waals surface area contributed by atoms with Crippen LogP contribution >= 0.6 is 0 Å². The number of hydrogen-bond donors (Lipinski definition) is 1. The number of allylic oxidation sites excluding steroid dienone is 2. The van der Waals surface area contributed by atoms with Crippen LogP contribution in [0.15, 0.2) is 36.4 Å². The van der Waals surface area contributed by atoms with Gasteiger partial charge in [-0.15, -0.1) is 0 Å². The van der Waals surface area contributed by atoms with E-state index in [1.165, 1.54) is 0 Å². The quantitative estimate of drug-likeness (QED) is 0.633. The summed E-state index contributed by atoms with van der Waals surface area (Å²) >= 11 is 0. The van der Waals surface area contributed by atoms with Crippen molar-refractivity contribution in [2.24, 2.45) is 5.92 Å². The minimum atomic E-state index is -4.72. The van der Waals surface area contributed by atoms with E-state index in [1.54, 1.807) is 23.1 Å². The van der Waals surface area contributed by atoms with Crippen LogP contribution in [0.5, 0.6) is 0 Å². The highest BCUT2D eigenvalue weighted by molar-refractivity contribution is 5.54. The second-order valence-electron chi connectivity index (χ2n) is 6.77. The molecular formula is C20H27F3N2O. The van der Waals surface area contributed by atoms with E-state index in [4.69, 9.17) is 5.26 Å². The second-order valence-corrected chi connectivity index (χ2v) is 6.77. The van der Waals surface area contributed by atoms with E-state index in [-0.39, 0.29) is 12.3 Å². The summed E-state index contributed by atoms with van der Waals surface area (Å²) in [5.74, 6) is 0.213. The molecule has 0 fully saturated rings. The molecule has 1 aromatic rings. The highest BCUT2D eigenvalue weighted by Crippen LogP contribution is 2.33. The zero-order valence-corrected chi connectivity index (χ0v) is 15.6. The number of anilines is 1. The van der Waals surface area contributed by atoms with E-state index in [0.717, 1.165) is 12.5 Å². The van der Waals surface area contributed by atoms with E-state index in [1.807, 2.05) is 32.1 Å². The number of nitrogens with zero attached hydrogens (tertiary/aromatic N) is 2. The number of nitriles is 1. The number of para-hydroxylation sites is 1. The van der Waals surface area contributed by atoms with Gasteiger partial charge in [-0.25, -0.2) is 0 Å². The van der Waals surface area contributed by atoms with Gasteiger partial charge in [0.25, 0.3) is 0 Å². The molecule has 6 heteroatoms. The molecule has 0 spiro atoms. The summed E-state index contributed by atoms with van der Waals surface area (Å²) in [6.45, 7) is 4.53. The van der Waals surface area contributed by atoms with Gasteiger partial charge < -0.3 is 10.0 Å². The molecule has 0 radical (unpaired) electrons. The Morgan fingerprint density at radius 1 is 1.31 bits per heavy atom. The van der Waals surface area contributed by atoms with Gasteiger partial charge in [0.05, 0.1) is 12.6 Å². The highest BCUT2D eigenvalue weighted by Gasteiger charge is 2.50. The standard InChI is InChI=1S/C20H27F3N2O/c1-4-8-16(2)12-14-25(15-19(3,26)20(21,22)23)18-11-6-5-9-17(18)10-7-13-24/h4-6,8-9,11,16,26H,7,10,12,14-15H2,1-3H3/b8-4-. The summed E-state index contributed by atoms with van der Waals surface area (Å²) in [5, 5.41) is 18.8. The van der Waals surface area contributed by atoms with Gasteiger partial charge in [0, 0.05) is 18.7 Å². The van der Waals surface area contributed by atoms with Gasteiger partial charge >= 0.3 is 6.18 Å². The maximum absolute atomic E-state index is 13.2. The number of halogens is 3. The first-order valence-corrected chi connectivity index (χ1v) is 8.74. The molecule has 1 N–H and O–H groups in total. The molecule has 2 atom stereocenters. The summed E-state index contributed by atoms with van der Waals surface area (Å²) in [6.07, 6.45) is 0.604. The molecule has 0 aromatic heterocycles. The largest absolute Gasteiger partial charge is 0.418 e. The van der Waals surface area contributed by atoms with Crippen molar-refractivity contribution in [1.82, 2.24) is 0 Å². The monoisotopic (exact) mass is 368 g/mol. The van der Waals surface area contributed by atoms with Crippen LogP contribution in [0.3, 0.4) is 0 Å². The van der Waals surface area contributed by atoms with Gasteiger partial charge in [0.1, 0.15) is 0 Å². The maximum Gasteiger partial charge on any atom is 0.418 e. The summed E-state index contributed by atoms with van der Waals surface area (Å²) in [7, 11) is 0. The summed E-state index contributed by atoms with van der Waals surface area (Å²) in [6, 6.07) is 9.20. The predicted octanol–water partition coefficient (Wildman–Crippen LogP) is 4.86. The van der Waals surface area contributed by atoms with Crippen LogP contribution in [0.4, 0.5) is 18.9 Å². The van der Waals surface area contributed by atoms with Gasteiger partial charge in [0.15, 0.2) is 5.60 Å². The normalized spacial score (nSPS) is 15.5. The van der Waals surface area contributed by atoms with Crippen molar-refractivity contribution in [3.63, 3.8) is 0 Å². The number of alkyl halides is 3. The molecule has 0 heterocycles. The minimum absolute atomic E-state index is 0.213. The Labute approximate surface area is 153 Å². The van der Waals surface area contributed by atoms with E-state index < -0.39 is 18.3 Å². The first-order chi connectivity index (χ1) is 12.1. The van der Waals surface area contributed by atoms with Crippen molar-refractivity contribution in [2.45, 2.75) is 51.8 Å². The molecule has 26 heavy (non-hydrogen) atoms. The molecule has 3 nitrogen and oxygen atoms in total. The predicted molar refractivity (Wildman–Crippen MR) is 97.9 cm³/mol. The molecule has 1 aromatic carbocycles. The first kappa shape index (κ1) is 22.0. The van der Waals surface area contributed by atoms with Crippen molar-refractivity contribution >= 4 is 5.69 Å². The third-order valence-corrected chi connectivity index (χ3v) is 4.32. The van der Waals surface area contributed by atoms with E-state index in [9.17, 15) is 18.3 Å². The van der Waals surface area contributed by atoms with E-state index in [0.29, 0.717) is 25.1 Å². The van der Waals surface area contributed by atoms with Crippen LogP contribution in [0.1, 0.15) is 39.2 Å². The lowest BCUT2D eigenvalue weighted by Crippen LogP contribution is -2.52. The van der Waals surface area contributed by atoms with Crippen molar-refractivity contribution in [3.05, 3.63) is 42.0 Å². The van der Waals surface area contributed by atoms with Gasteiger partial charge in [-0.05, 0) is 44.2 Å². The number of benzene rings is 1. The summed E-state index contributed by atoms with van der Waals surface area (Å²) in [5.41, 5.74) is -1.37. The fourth-order valence-corrected chi connectivity index (χ4v) is 2.75.